The second-order valence-corrected chi connectivity index (χ2v) is 4.06. The molecule has 1 aromatic rings. The van der Waals surface area contributed by atoms with E-state index in [9.17, 15) is 0 Å². The van der Waals surface area contributed by atoms with Crippen LogP contribution in [0.2, 0.25) is 0 Å². The second kappa shape index (κ2) is 5.16. The van der Waals surface area contributed by atoms with E-state index in [1.807, 2.05) is 12.4 Å². The summed E-state index contributed by atoms with van der Waals surface area (Å²) in [5.41, 5.74) is 0. The van der Waals surface area contributed by atoms with E-state index >= 15 is 0 Å². The molecule has 1 aromatic heterocycles. The van der Waals surface area contributed by atoms with Crippen molar-refractivity contribution in [2.45, 2.75) is 38.3 Å². The van der Waals surface area contributed by atoms with Crippen molar-refractivity contribution in [2.24, 2.45) is 0 Å². The standard InChI is InChI=1S/C11H19N3O/c1-15-9-8-14-7-6-12-11(14)13-10-4-2-3-5-10/h6-7,10H,2-5,8-9H2,1H3,(H,12,13). The van der Waals surface area contributed by atoms with E-state index < -0.39 is 0 Å². The van der Waals surface area contributed by atoms with E-state index in [0.717, 1.165) is 19.1 Å². The number of anilines is 1. The van der Waals surface area contributed by atoms with Crippen LogP contribution in [0.15, 0.2) is 12.4 Å². The fourth-order valence-electron chi connectivity index (χ4n) is 2.07. The first-order valence-corrected chi connectivity index (χ1v) is 5.67. The maximum absolute atomic E-state index is 5.06. The van der Waals surface area contributed by atoms with Gasteiger partial charge in [0.1, 0.15) is 0 Å². The van der Waals surface area contributed by atoms with Gasteiger partial charge in [-0.1, -0.05) is 12.8 Å². The van der Waals surface area contributed by atoms with Gasteiger partial charge in [-0.25, -0.2) is 4.98 Å². The third-order valence-corrected chi connectivity index (χ3v) is 2.94. The molecule has 1 N–H and O–H groups in total. The van der Waals surface area contributed by atoms with Crippen molar-refractivity contribution in [3.63, 3.8) is 0 Å². The maximum atomic E-state index is 5.06. The van der Waals surface area contributed by atoms with Gasteiger partial charge in [-0.2, -0.15) is 0 Å². The summed E-state index contributed by atoms with van der Waals surface area (Å²) < 4.78 is 7.18. The molecule has 2 rings (SSSR count). The van der Waals surface area contributed by atoms with Crippen molar-refractivity contribution < 1.29 is 4.74 Å². The Labute approximate surface area is 90.6 Å². The Kier molecular flexibility index (Phi) is 3.61. The fourth-order valence-corrected chi connectivity index (χ4v) is 2.07. The van der Waals surface area contributed by atoms with Crippen LogP contribution in [0, 0.1) is 0 Å². The number of aromatic nitrogens is 2. The van der Waals surface area contributed by atoms with Gasteiger partial charge < -0.3 is 14.6 Å². The van der Waals surface area contributed by atoms with E-state index in [-0.39, 0.29) is 0 Å². The summed E-state index contributed by atoms with van der Waals surface area (Å²) in [5.74, 6) is 0.985. The van der Waals surface area contributed by atoms with Gasteiger partial charge in [0.2, 0.25) is 5.95 Å². The molecule has 1 aliphatic rings. The largest absolute Gasteiger partial charge is 0.383 e. The first-order chi connectivity index (χ1) is 7.40. The minimum atomic E-state index is 0.619. The van der Waals surface area contributed by atoms with Crippen LogP contribution < -0.4 is 5.32 Å². The zero-order valence-corrected chi connectivity index (χ0v) is 9.28. The van der Waals surface area contributed by atoms with Gasteiger partial charge in [-0.05, 0) is 12.8 Å². The van der Waals surface area contributed by atoms with Crippen molar-refractivity contribution >= 4 is 5.95 Å². The van der Waals surface area contributed by atoms with Crippen LogP contribution in [-0.2, 0) is 11.3 Å². The molecule has 0 bridgehead atoms. The van der Waals surface area contributed by atoms with Crippen molar-refractivity contribution in [3.05, 3.63) is 12.4 Å². The average Bonchev–Trinajstić information content (AvgIpc) is 2.87. The Morgan fingerprint density at radius 1 is 1.53 bits per heavy atom. The van der Waals surface area contributed by atoms with Gasteiger partial charge in [0, 0.05) is 32.1 Å². The lowest BCUT2D eigenvalue weighted by atomic mass is 10.2. The zero-order valence-electron chi connectivity index (χ0n) is 9.28. The summed E-state index contributed by atoms with van der Waals surface area (Å²) in [6.45, 7) is 1.60. The third kappa shape index (κ3) is 2.72. The molecule has 1 aliphatic carbocycles. The molecule has 4 heteroatoms. The highest BCUT2D eigenvalue weighted by Gasteiger charge is 2.16. The first kappa shape index (κ1) is 10.5. The molecule has 0 saturated heterocycles. The lowest BCUT2D eigenvalue weighted by Crippen LogP contribution is -2.18. The Morgan fingerprint density at radius 2 is 2.33 bits per heavy atom. The summed E-state index contributed by atoms with van der Waals surface area (Å²) in [6.07, 6.45) is 9.07. The molecule has 0 spiro atoms. The number of nitrogens with zero attached hydrogens (tertiary/aromatic N) is 2. The number of nitrogens with one attached hydrogen (secondary N) is 1. The molecule has 0 amide bonds. The summed E-state index contributed by atoms with van der Waals surface area (Å²) in [5, 5.41) is 3.49. The van der Waals surface area contributed by atoms with Crippen LogP contribution >= 0.6 is 0 Å². The number of hydrogen-bond donors (Lipinski definition) is 1. The number of methoxy groups -OCH3 is 1. The van der Waals surface area contributed by atoms with Gasteiger partial charge in [0.15, 0.2) is 0 Å². The van der Waals surface area contributed by atoms with Crippen LogP contribution in [0.25, 0.3) is 0 Å². The van der Waals surface area contributed by atoms with E-state index in [1.54, 1.807) is 7.11 Å². The Hall–Kier alpha value is -1.03. The predicted molar refractivity (Wildman–Crippen MR) is 60.0 cm³/mol. The Balaban J connectivity index is 1.91. The highest BCUT2D eigenvalue weighted by molar-refractivity contribution is 5.27. The second-order valence-electron chi connectivity index (χ2n) is 4.06. The molecule has 1 fully saturated rings. The van der Waals surface area contributed by atoms with Gasteiger partial charge in [0.05, 0.1) is 6.61 Å². The van der Waals surface area contributed by atoms with Gasteiger partial charge >= 0.3 is 0 Å². The quantitative estimate of drug-likeness (QED) is 0.804. The lowest BCUT2D eigenvalue weighted by molar-refractivity contribution is 0.187. The monoisotopic (exact) mass is 209 g/mol. The lowest BCUT2D eigenvalue weighted by Gasteiger charge is -2.14. The van der Waals surface area contributed by atoms with E-state index in [4.69, 9.17) is 4.74 Å². The topological polar surface area (TPSA) is 39.1 Å². The van der Waals surface area contributed by atoms with E-state index in [0.29, 0.717) is 6.04 Å². The van der Waals surface area contributed by atoms with Crippen molar-refractivity contribution in [2.75, 3.05) is 19.0 Å². The molecular weight excluding hydrogens is 190 g/mol. The van der Waals surface area contributed by atoms with E-state index in [1.165, 1.54) is 25.7 Å². The van der Waals surface area contributed by atoms with Crippen LogP contribution in [0.5, 0.6) is 0 Å². The number of rotatable bonds is 5. The molecular formula is C11H19N3O. The van der Waals surface area contributed by atoms with Crippen LogP contribution in [0.3, 0.4) is 0 Å². The first-order valence-electron chi connectivity index (χ1n) is 5.67. The SMILES string of the molecule is COCCn1ccnc1NC1CCCC1. The maximum Gasteiger partial charge on any atom is 0.203 e. The predicted octanol–water partition coefficient (Wildman–Crippen LogP) is 1.88. The highest BCUT2D eigenvalue weighted by Crippen LogP contribution is 2.21. The zero-order chi connectivity index (χ0) is 10.5. The molecule has 1 heterocycles. The Morgan fingerprint density at radius 3 is 3.07 bits per heavy atom. The number of imidazole rings is 1. The molecule has 0 unspecified atom stereocenters. The van der Waals surface area contributed by atoms with Crippen molar-refractivity contribution in [1.82, 2.24) is 9.55 Å². The smallest absolute Gasteiger partial charge is 0.203 e. The number of hydrogen-bond acceptors (Lipinski definition) is 3. The average molecular weight is 209 g/mol. The molecule has 1 saturated carbocycles. The highest BCUT2D eigenvalue weighted by atomic mass is 16.5. The van der Waals surface area contributed by atoms with Crippen molar-refractivity contribution in [3.8, 4) is 0 Å². The third-order valence-electron chi connectivity index (χ3n) is 2.94. The Bertz CT molecular complexity index is 292. The molecule has 0 radical (unpaired) electrons. The summed E-state index contributed by atoms with van der Waals surface area (Å²) in [6, 6.07) is 0.619. The molecule has 84 valence electrons. The van der Waals surface area contributed by atoms with Crippen molar-refractivity contribution in [1.29, 1.82) is 0 Å². The molecule has 0 aliphatic heterocycles. The summed E-state index contributed by atoms with van der Waals surface area (Å²) in [4.78, 5) is 4.33. The summed E-state index contributed by atoms with van der Waals surface area (Å²) >= 11 is 0. The van der Waals surface area contributed by atoms with Gasteiger partial charge in [-0.3, -0.25) is 0 Å². The summed E-state index contributed by atoms with van der Waals surface area (Å²) in [7, 11) is 1.72. The van der Waals surface area contributed by atoms with Crippen LogP contribution in [0.1, 0.15) is 25.7 Å². The number of ether oxygens (including phenoxy) is 1. The molecule has 4 nitrogen and oxygen atoms in total. The minimum Gasteiger partial charge on any atom is -0.383 e. The van der Waals surface area contributed by atoms with Crippen LogP contribution in [0.4, 0.5) is 5.95 Å². The molecule has 15 heavy (non-hydrogen) atoms. The van der Waals surface area contributed by atoms with Gasteiger partial charge in [0.25, 0.3) is 0 Å². The molecule has 0 atom stereocenters. The normalized spacial score (nSPS) is 17.1. The van der Waals surface area contributed by atoms with E-state index in [2.05, 4.69) is 14.9 Å². The van der Waals surface area contributed by atoms with Crippen LogP contribution in [-0.4, -0.2) is 29.3 Å². The fraction of sp³-hybridized carbons (Fsp3) is 0.727. The molecule has 0 aromatic carbocycles. The minimum absolute atomic E-state index is 0.619. The van der Waals surface area contributed by atoms with Gasteiger partial charge in [-0.15, -0.1) is 0 Å².